The van der Waals surface area contributed by atoms with Gasteiger partial charge in [-0.3, -0.25) is 0 Å². The van der Waals surface area contributed by atoms with Crippen molar-refractivity contribution in [3.05, 3.63) is 11.2 Å². The van der Waals surface area contributed by atoms with Gasteiger partial charge in [0, 0.05) is 19.2 Å². The number of aliphatic hydroxyl groups excluding tert-OH is 1. The first-order chi connectivity index (χ1) is 8.58. The van der Waals surface area contributed by atoms with E-state index in [0.717, 1.165) is 13.0 Å². The van der Waals surface area contributed by atoms with Crippen molar-refractivity contribution in [3.63, 3.8) is 0 Å². The van der Waals surface area contributed by atoms with Crippen molar-refractivity contribution in [2.45, 2.75) is 33.2 Å². The fourth-order valence-corrected chi connectivity index (χ4v) is 1.45. The molecule has 2 atom stereocenters. The molecule has 0 aliphatic carbocycles. The molecule has 0 spiro atoms. The number of aliphatic hydroxyl groups is 1. The van der Waals surface area contributed by atoms with E-state index >= 15 is 0 Å². The van der Waals surface area contributed by atoms with Crippen LogP contribution in [0.5, 0.6) is 0 Å². The topological polar surface area (TPSA) is 70.1 Å². The Morgan fingerprint density at radius 2 is 2.17 bits per heavy atom. The van der Waals surface area contributed by atoms with E-state index < -0.39 is 0 Å². The average molecular weight is 273 g/mol. The van der Waals surface area contributed by atoms with Crippen LogP contribution in [0.2, 0.25) is 5.02 Å². The molecule has 0 amide bonds. The van der Waals surface area contributed by atoms with Gasteiger partial charge in [0.1, 0.15) is 5.02 Å². The van der Waals surface area contributed by atoms with Gasteiger partial charge in [-0.05, 0) is 19.3 Å². The minimum Gasteiger partial charge on any atom is -0.396 e. The Morgan fingerprint density at radius 3 is 2.78 bits per heavy atom. The third-order valence-electron chi connectivity index (χ3n) is 2.78. The van der Waals surface area contributed by atoms with Gasteiger partial charge in [-0.15, -0.1) is 0 Å². The maximum Gasteiger partial charge on any atom is 0.224 e. The number of aromatic nitrogens is 2. The second kappa shape index (κ2) is 7.38. The van der Waals surface area contributed by atoms with Gasteiger partial charge in [0.05, 0.1) is 6.20 Å². The lowest BCUT2D eigenvalue weighted by Crippen LogP contribution is -2.27. The van der Waals surface area contributed by atoms with Crippen molar-refractivity contribution in [2.24, 2.45) is 5.92 Å². The van der Waals surface area contributed by atoms with Crippen LogP contribution in [0.15, 0.2) is 6.20 Å². The van der Waals surface area contributed by atoms with Crippen molar-refractivity contribution >= 4 is 23.4 Å². The smallest absolute Gasteiger partial charge is 0.224 e. The zero-order valence-electron chi connectivity index (χ0n) is 11.1. The number of anilines is 2. The quantitative estimate of drug-likeness (QED) is 0.711. The summed E-state index contributed by atoms with van der Waals surface area (Å²) in [6, 6.07) is 0.0847. The molecule has 0 aliphatic rings. The molecule has 0 fully saturated rings. The number of rotatable bonds is 7. The molecule has 1 rings (SSSR count). The standard InChI is InChI=1S/C12H21ClN4O/c1-4-5-14-12-15-6-10(13)11(17-12)16-9(3)8(2)7-18/h6,8-9,18H,4-5,7H2,1-3H3,(H2,14,15,16,17). The second-order valence-corrected chi connectivity index (χ2v) is 4.82. The summed E-state index contributed by atoms with van der Waals surface area (Å²) in [4.78, 5) is 8.42. The number of nitrogens with one attached hydrogen (secondary N) is 2. The van der Waals surface area contributed by atoms with Gasteiger partial charge in [0.2, 0.25) is 5.95 Å². The molecular weight excluding hydrogens is 252 g/mol. The summed E-state index contributed by atoms with van der Waals surface area (Å²) in [7, 11) is 0. The van der Waals surface area contributed by atoms with Crippen molar-refractivity contribution in [3.8, 4) is 0 Å². The van der Waals surface area contributed by atoms with Crippen LogP contribution < -0.4 is 10.6 Å². The largest absolute Gasteiger partial charge is 0.396 e. The summed E-state index contributed by atoms with van der Waals surface area (Å²) in [5.41, 5.74) is 0. The maximum atomic E-state index is 9.11. The number of hydrogen-bond donors (Lipinski definition) is 3. The number of hydrogen-bond acceptors (Lipinski definition) is 5. The molecule has 0 aromatic carbocycles. The van der Waals surface area contributed by atoms with Crippen LogP contribution >= 0.6 is 11.6 Å². The molecule has 3 N–H and O–H groups in total. The fraction of sp³-hybridized carbons (Fsp3) is 0.667. The zero-order valence-corrected chi connectivity index (χ0v) is 11.8. The Hall–Kier alpha value is -1.07. The van der Waals surface area contributed by atoms with Crippen LogP contribution in [0.1, 0.15) is 27.2 Å². The van der Waals surface area contributed by atoms with Crippen LogP contribution in [0.4, 0.5) is 11.8 Å². The zero-order chi connectivity index (χ0) is 13.5. The minimum absolute atomic E-state index is 0.0847. The normalized spacial score (nSPS) is 14.1. The molecule has 6 heteroatoms. The first-order valence-corrected chi connectivity index (χ1v) is 6.60. The fourth-order valence-electron chi connectivity index (χ4n) is 1.31. The first kappa shape index (κ1) is 15.0. The van der Waals surface area contributed by atoms with Gasteiger partial charge in [0.15, 0.2) is 5.82 Å². The summed E-state index contributed by atoms with van der Waals surface area (Å²) in [6.07, 6.45) is 2.58. The monoisotopic (exact) mass is 272 g/mol. The number of nitrogens with zero attached hydrogens (tertiary/aromatic N) is 2. The summed E-state index contributed by atoms with van der Waals surface area (Å²) >= 11 is 6.04. The number of halogens is 1. The highest BCUT2D eigenvalue weighted by molar-refractivity contribution is 6.32. The molecule has 1 aromatic rings. The third kappa shape index (κ3) is 4.31. The predicted octanol–water partition coefficient (Wildman–Crippen LogP) is 2.38. The van der Waals surface area contributed by atoms with Crippen molar-refractivity contribution in [1.82, 2.24) is 9.97 Å². The molecule has 1 heterocycles. The van der Waals surface area contributed by atoms with Crippen LogP contribution in [-0.2, 0) is 0 Å². The average Bonchev–Trinajstić information content (AvgIpc) is 2.38. The van der Waals surface area contributed by atoms with E-state index in [9.17, 15) is 0 Å². The molecule has 0 aliphatic heterocycles. The lowest BCUT2D eigenvalue weighted by Gasteiger charge is -2.20. The minimum atomic E-state index is 0.0847. The highest BCUT2D eigenvalue weighted by atomic mass is 35.5. The summed E-state index contributed by atoms with van der Waals surface area (Å²) in [6.45, 7) is 6.97. The highest BCUT2D eigenvalue weighted by Gasteiger charge is 2.14. The molecule has 2 unspecified atom stereocenters. The van der Waals surface area contributed by atoms with Crippen LogP contribution in [-0.4, -0.2) is 34.3 Å². The van der Waals surface area contributed by atoms with Gasteiger partial charge in [-0.25, -0.2) is 4.98 Å². The van der Waals surface area contributed by atoms with E-state index in [-0.39, 0.29) is 18.6 Å². The second-order valence-electron chi connectivity index (χ2n) is 4.41. The third-order valence-corrected chi connectivity index (χ3v) is 3.06. The van der Waals surface area contributed by atoms with Crippen LogP contribution in [0.3, 0.4) is 0 Å². The van der Waals surface area contributed by atoms with E-state index in [1.54, 1.807) is 6.20 Å². The predicted molar refractivity (Wildman–Crippen MR) is 75.2 cm³/mol. The summed E-state index contributed by atoms with van der Waals surface area (Å²) in [5.74, 6) is 1.29. The van der Waals surface area contributed by atoms with Crippen LogP contribution in [0, 0.1) is 5.92 Å². The highest BCUT2D eigenvalue weighted by Crippen LogP contribution is 2.21. The Labute approximate surface area is 113 Å². The Bertz CT molecular complexity index is 375. The van der Waals surface area contributed by atoms with Crippen molar-refractivity contribution < 1.29 is 5.11 Å². The molecule has 102 valence electrons. The molecule has 1 aromatic heterocycles. The SMILES string of the molecule is CCCNc1ncc(Cl)c(NC(C)C(C)CO)n1. The molecule has 5 nitrogen and oxygen atoms in total. The Balaban J connectivity index is 2.74. The lowest BCUT2D eigenvalue weighted by molar-refractivity contribution is 0.226. The molecule has 0 radical (unpaired) electrons. The van der Waals surface area contributed by atoms with Gasteiger partial charge < -0.3 is 15.7 Å². The van der Waals surface area contributed by atoms with E-state index in [0.29, 0.717) is 16.8 Å². The van der Waals surface area contributed by atoms with Crippen molar-refractivity contribution in [1.29, 1.82) is 0 Å². The van der Waals surface area contributed by atoms with Gasteiger partial charge >= 0.3 is 0 Å². The Morgan fingerprint density at radius 1 is 1.44 bits per heavy atom. The summed E-state index contributed by atoms with van der Waals surface area (Å²) in [5, 5.41) is 15.9. The van der Waals surface area contributed by atoms with Gasteiger partial charge in [-0.2, -0.15) is 4.98 Å². The maximum absolute atomic E-state index is 9.11. The summed E-state index contributed by atoms with van der Waals surface area (Å²) < 4.78 is 0. The molecule has 18 heavy (non-hydrogen) atoms. The Kier molecular flexibility index (Phi) is 6.15. The molecule has 0 saturated heterocycles. The van der Waals surface area contributed by atoms with E-state index in [1.165, 1.54) is 0 Å². The molecular formula is C12H21ClN4O. The first-order valence-electron chi connectivity index (χ1n) is 6.22. The van der Waals surface area contributed by atoms with Crippen LogP contribution in [0.25, 0.3) is 0 Å². The molecule has 0 bridgehead atoms. The van der Waals surface area contributed by atoms with E-state index in [4.69, 9.17) is 16.7 Å². The van der Waals surface area contributed by atoms with E-state index in [2.05, 4.69) is 27.5 Å². The lowest BCUT2D eigenvalue weighted by atomic mass is 10.1. The van der Waals surface area contributed by atoms with Gasteiger partial charge in [-0.1, -0.05) is 25.4 Å². The van der Waals surface area contributed by atoms with E-state index in [1.807, 2.05) is 13.8 Å². The molecule has 0 saturated carbocycles. The van der Waals surface area contributed by atoms with Crippen molar-refractivity contribution in [2.75, 3.05) is 23.8 Å². The van der Waals surface area contributed by atoms with Gasteiger partial charge in [0.25, 0.3) is 0 Å².